The van der Waals surface area contributed by atoms with E-state index >= 15 is 0 Å². The number of halogens is 3. The lowest BCUT2D eigenvalue weighted by atomic mass is 10.00. The molecule has 1 aliphatic carbocycles. The minimum absolute atomic E-state index is 0.105. The van der Waals surface area contributed by atoms with Crippen molar-refractivity contribution >= 4 is 0 Å². The molecular formula is C12H17F3N2. The van der Waals surface area contributed by atoms with E-state index in [2.05, 4.69) is 5.32 Å². The van der Waals surface area contributed by atoms with Crippen molar-refractivity contribution in [2.45, 2.75) is 32.0 Å². The van der Waals surface area contributed by atoms with Gasteiger partial charge in [-0.3, -0.25) is 0 Å². The molecule has 96 valence electrons. The molecule has 0 radical (unpaired) electrons. The van der Waals surface area contributed by atoms with Gasteiger partial charge in [-0.25, -0.2) is 0 Å². The quantitative estimate of drug-likeness (QED) is 0.764. The number of hydrogen-bond acceptors (Lipinski definition) is 2. The van der Waals surface area contributed by atoms with Gasteiger partial charge in [-0.2, -0.15) is 13.2 Å². The largest absolute Gasteiger partial charge is 0.414 e. The molecule has 1 unspecified atom stereocenters. The van der Waals surface area contributed by atoms with E-state index in [0.717, 1.165) is 6.54 Å². The molecule has 0 bridgehead atoms. The lowest BCUT2D eigenvalue weighted by molar-refractivity contribution is -0.0962. The third-order valence-corrected chi connectivity index (χ3v) is 3.20. The zero-order chi connectivity index (χ0) is 12.5. The smallest absolute Gasteiger partial charge is 0.368 e. The number of nitrogens with one attached hydrogen (secondary N) is 1. The first-order chi connectivity index (χ1) is 7.98. The summed E-state index contributed by atoms with van der Waals surface area (Å²) in [6.45, 7) is 4.01. The van der Waals surface area contributed by atoms with Gasteiger partial charge in [-0.05, 0) is 25.8 Å². The van der Waals surface area contributed by atoms with Gasteiger partial charge in [0.25, 0.3) is 0 Å². The SMILES string of the molecule is CC1CN(C2=C(C(F)(F)F)CCC=C2)CCN1. The zero-order valence-electron chi connectivity index (χ0n) is 9.85. The van der Waals surface area contributed by atoms with Crippen LogP contribution in [0.3, 0.4) is 0 Å². The van der Waals surface area contributed by atoms with Crippen molar-refractivity contribution < 1.29 is 13.2 Å². The van der Waals surface area contributed by atoms with Gasteiger partial charge in [0.15, 0.2) is 0 Å². The molecule has 1 aliphatic heterocycles. The summed E-state index contributed by atoms with van der Waals surface area (Å²) in [6.07, 6.45) is -0.149. The monoisotopic (exact) mass is 246 g/mol. The summed E-state index contributed by atoms with van der Waals surface area (Å²) in [5, 5.41) is 3.23. The summed E-state index contributed by atoms with van der Waals surface area (Å²) in [7, 11) is 0. The van der Waals surface area contributed by atoms with Gasteiger partial charge in [0, 0.05) is 31.4 Å². The molecule has 2 rings (SSSR count). The molecule has 0 aromatic rings. The van der Waals surface area contributed by atoms with E-state index in [4.69, 9.17) is 0 Å². The Labute approximate surface area is 99.2 Å². The molecule has 1 saturated heterocycles. The summed E-state index contributed by atoms with van der Waals surface area (Å²) in [4.78, 5) is 1.85. The van der Waals surface area contributed by atoms with Crippen molar-refractivity contribution in [1.29, 1.82) is 0 Å². The van der Waals surface area contributed by atoms with Gasteiger partial charge in [-0.15, -0.1) is 0 Å². The highest BCUT2D eigenvalue weighted by molar-refractivity contribution is 5.32. The Balaban J connectivity index is 2.26. The molecule has 0 aromatic heterocycles. The van der Waals surface area contributed by atoms with Crippen LogP contribution in [0.4, 0.5) is 13.2 Å². The summed E-state index contributed by atoms with van der Waals surface area (Å²) in [5.74, 6) is 0. The van der Waals surface area contributed by atoms with Crippen LogP contribution >= 0.6 is 0 Å². The minimum atomic E-state index is -4.20. The molecule has 1 heterocycles. The van der Waals surface area contributed by atoms with Crippen LogP contribution in [-0.4, -0.2) is 36.8 Å². The highest BCUT2D eigenvalue weighted by Crippen LogP contribution is 2.35. The standard InChI is InChI=1S/C12H17F3N2/c1-9-8-17(7-6-16-9)11-5-3-2-4-10(11)12(13,14)15/h3,5,9,16H,2,4,6-8H2,1H3. The number of hydrogen-bond donors (Lipinski definition) is 1. The molecule has 1 N–H and O–H groups in total. The van der Waals surface area contributed by atoms with Crippen molar-refractivity contribution in [3.05, 3.63) is 23.4 Å². The molecule has 1 fully saturated rings. The molecule has 2 aliphatic rings. The van der Waals surface area contributed by atoms with Crippen LogP contribution < -0.4 is 5.32 Å². The van der Waals surface area contributed by atoms with Crippen molar-refractivity contribution in [3.63, 3.8) is 0 Å². The number of alkyl halides is 3. The summed E-state index contributed by atoms with van der Waals surface area (Å²) in [5.41, 5.74) is 0.00574. The normalized spacial score (nSPS) is 26.6. The summed E-state index contributed by atoms with van der Waals surface area (Å²) < 4.78 is 38.7. The molecule has 2 nitrogen and oxygen atoms in total. The van der Waals surface area contributed by atoms with E-state index < -0.39 is 6.18 Å². The fourth-order valence-corrected chi connectivity index (χ4v) is 2.39. The maximum absolute atomic E-state index is 12.9. The summed E-state index contributed by atoms with van der Waals surface area (Å²) in [6, 6.07) is 0.237. The van der Waals surface area contributed by atoms with Gasteiger partial charge in [0.2, 0.25) is 0 Å². The van der Waals surface area contributed by atoms with Crippen LogP contribution in [0.15, 0.2) is 23.4 Å². The first-order valence-electron chi connectivity index (χ1n) is 5.93. The van der Waals surface area contributed by atoms with E-state index in [0.29, 0.717) is 25.2 Å². The number of nitrogens with zero attached hydrogens (tertiary/aromatic N) is 1. The highest BCUT2D eigenvalue weighted by Gasteiger charge is 2.37. The van der Waals surface area contributed by atoms with E-state index in [9.17, 15) is 13.2 Å². The van der Waals surface area contributed by atoms with Gasteiger partial charge in [0.05, 0.1) is 5.57 Å². The zero-order valence-corrected chi connectivity index (χ0v) is 9.85. The Morgan fingerprint density at radius 3 is 2.82 bits per heavy atom. The number of piperazine rings is 1. The first kappa shape index (κ1) is 12.5. The van der Waals surface area contributed by atoms with Crippen LogP contribution in [0.25, 0.3) is 0 Å². The molecule has 0 amide bonds. The molecule has 17 heavy (non-hydrogen) atoms. The van der Waals surface area contributed by atoms with Gasteiger partial charge in [0.1, 0.15) is 0 Å². The number of rotatable bonds is 1. The Morgan fingerprint density at radius 2 is 2.18 bits per heavy atom. The van der Waals surface area contributed by atoms with E-state index in [1.54, 1.807) is 6.08 Å². The average Bonchev–Trinajstić information content (AvgIpc) is 2.28. The van der Waals surface area contributed by atoms with Crippen LogP contribution in [0.2, 0.25) is 0 Å². The van der Waals surface area contributed by atoms with Gasteiger partial charge in [-0.1, -0.05) is 6.08 Å². The predicted molar refractivity (Wildman–Crippen MR) is 60.5 cm³/mol. The second-order valence-electron chi connectivity index (χ2n) is 4.60. The van der Waals surface area contributed by atoms with Gasteiger partial charge >= 0.3 is 6.18 Å². The van der Waals surface area contributed by atoms with Crippen LogP contribution in [0.1, 0.15) is 19.8 Å². The third-order valence-electron chi connectivity index (χ3n) is 3.20. The maximum Gasteiger partial charge on any atom is 0.414 e. The fraction of sp³-hybridized carbons (Fsp3) is 0.667. The van der Waals surface area contributed by atoms with Crippen molar-refractivity contribution in [3.8, 4) is 0 Å². The van der Waals surface area contributed by atoms with Crippen molar-refractivity contribution in [2.75, 3.05) is 19.6 Å². The van der Waals surface area contributed by atoms with Crippen molar-refractivity contribution in [1.82, 2.24) is 10.2 Å². The fourth-order valence-electron chi connectivity index (χ4n) is 2.39. The molecule has 1 atom stereocenters. The maximum atomic E-state index is 12.9. The molecular weight excluding hydrogens is 229 g/mol. The minimum Gasteiger partial charge on any atom is -0.368 e. The Morgan fingerprint density at radius 1 is 1.41 bits per heavy atom. The van der Waals surface area contributed by atoms with Crippen LogP contribution in [0.5, 0.6) is 0 Å². The highest BCUT2D eigenvalue weighted by atomic mass is 19.4. The molecule has 0 spiro atoms. The van der Waals surface area contributed by atoms with Crippen molar-refractivity contribution in [2.24, 2.45) is 0 Å². The Kier molecular flexibility index (Phi) is 3.47. The Hall–Kier alpha value is -0.970. The number of allylic oxidation sites excluding steroid dienone is 3. The van der Waals surface area contributed by atoms with E-state index in [1.165, 1.54) is 0 Å². The lowest BCUT2D eigenvalue weighted by Gasteiger charge is -2.36. The second-order valence-corrected chi connectivity index (χ2v) is 4.60. The van der Waals surface area contributed by atoms with E-state index in [-0.39, 0.29) is 18.0 Å². The summed E-state index contributed by atoms with van der Waals surface area (Å²) >= 11 is 0. The average molecular weight is 246 g/mol. The molecule has 0 saturated carbocycles. The molecule has 5 heteroatoms. The van der Waals surface area contributed by atoms with E-state index in [1.807, 2.05) is 17.9 Å². The van der Waals surface area contributed by atoms with Crippen LogP contribution in [0, 0.1) is 0 Å². The second kappa shape index (κ2) is 4.72. The lowest BCUT2D eigenvalue weighted by Crippen LogP contribution is -2.49. The van der Waals surface area contributed by atoms with Crippen LogP contribution in [-0.2, 0) is 0 Å². The third kappa shape index (κ3) is 2.83. The van der Waals surface area contributed by atoms with Gasteiger partial charge < -0.3 is 10.2 Å². The molecule has 0 aromatic carbocycles. The first-order valence-corrected chi connectivity index (χ1v) is 5.93. The predicted octanol–water partition coefficient (Wildman–Crippen LogP) is 2.45. The topological polar surface area (TPSA) is 15.3 Å². The Bertz CT molecular complexity index is 344.